The summed E-state index contributed by atoms with van der Waals surface area (Å²) in [6, 6.07) is 6.26. The highest BCUT2D eigenvalue weighted by molar-refractivity contribution is 5.75. The Morgan fingerprint density at radius 3 is 2.61 bits per heavy atom. The van der Waals surface area contributed by atoms with E-state index < -0.39 is 5.79 Å². The van der Waals surface area contributed by atoms with Crippen molar-refractivity contribution in [2.45, 2.75) is 31.1 Å². The largest absolute Gasteiger partial charge is 0.346 e. The van der Waals surface area contributed by atoms with Crippen LogP contribution >= 0.6 is 0 Å². The quantitative estimate of drug-likeness (QED) is 0.930. The summed E-state index contributed by atoms with van der Waals surface area (Å²) < 4.78 is 24.4. The molecule has 4 rings (SSSR count). The van der Waals surface area contributed by atoms with E-state index in [9.17, 15) is 9.18 Å². The van der Waals surface area contributed by atoms with Crippen molar-refractivity contribution in [2.75, 3.05) is 26.3 Å². The SMILES string of the molecule is O=C(NC(c1ccc(F)cc1)C1CC1)N1CCC2(C1)OCCO2. The van der Waals surface area contributed by atoms with Gasteiger partial charge in [0.1, 0.15) is 5.82 Å². The van der Waals surface area contributed by atoms with Crippen LogP contribution in [0.25, 0.3) is 0 Å². The topological polar surface area (TPSA) is 50.8 Å². The van der Waals surface area contributed by atoms with Gasteiger partial charge in [0, 0.05) is 13.0 Å². The molecule has 23 heavy (non-hydrogen) atoms. The smallest absolute Gasteiger partial charge is 0.318 e. The van der Waals surface area contributed by atoms with E-state index in [0.29, 0.717) is 38.6 Å². The van der Waals surface area contributed by atoms with Crippen LogP contribution < -0.4 is 5.32 Å². The first-order valence-electron chi connectivity index (χ1n) is 8.24. The lowest BCUT2D eigenvalue weighted by Gasteiger charge is -2.25. The van der Waals surface area contributed by atoms with Crippen LogP contribution in [0.5, 0.6) is 0 Å². The van der Waals surface area contributed by atoms with E-state index in [-0.39, 0.29) is 17.9 Å². The minimum Gasteiger partial charge on any atom is -0.346 e. The Morgan fingerprint density at radius 2 is 1.96 bits per heavy atom. The molecule has 1 spiro atoms. The molecule has 6 heteroatoms. The monoisotopic (exact) mass is 320 g/mol. The molecule has 5 nitrogen and oxygen atoms in total. The predicted molar refractivity (Wildman–Crippen MR) is 81.2 cm³/mol. The Hall–Kier alpha value is -1.66. The van der Waals surface area contributed by atoms with Crippen molar-refractivity contribution in [3.63, 3.8) is 0 Å². The molecule has 1 aromatic carbocycles. The third kappa shape index (κ3) is 3.05. The van der Waals surface area contributed by atoms with Crippen LogP contribution in [0, 0.1) is 11.7 Å². The van der Waals surface area contributed by atoms with Crippen molar-refractivity contribution in [3.8, 4) is 0 Å². The fourth-order valence-corrected chi connectivity index (χ4v) is 3.46. The number of urea groups is 1. The summed E-state index contributed by atoms with van der Waals surface area (Å²) in [6.45, 7) is 2.29. The molecule has 3 aliphatic rings. The predicted octanol–water partition coefficient (Wildman–Crippen LogP) is 2.44. The van der Waals surface area contributed by atoms with Crippen molar-refractivity contribution < 1.29 is 18.7 Å². The zero-order valence-corrected chi connectivity index (χ0v) is 13.0. The summed E-state index contributed by atoms with van der Waals surface area (Å²) in [5, 5.41) is 3.12. The molecule has 2 amide bonds. The lowest BCUT2D eigenvalue weighted by molar-refractivity contribution is -0.143. The van der Waals surface area contributed by atoms with E-state index in [1.54, 1.807) is 17.0 Å². The van der Waals surface area contributed by atoms with Gasteiger partial charge in [-0.2, -0.15) is 0 Å². The zero-order valence-electron chi connectivity index (χ0n) is 13.0. The normalized spacial score (nSPS) is 24.1. The fraction of sp³-hybridized carbons (Fsp3) is 0.588. The third-order valence-electron chi connectivity index (χ3n) is 4.90. The van der Waals surface area contributed by atoms with Gasteiger partial charge in [-0.1, -0.05) is 12.1 Å². The zero-order chi connectivity index (χ0) is 15.9. The summed E-state index contributed by atoms with van der Waals surface area (Å²) in [5.74, 6) is -0.408. The van der Waals surface area contributed by atoms with E-state index in [1.807, 2.05) is 0 Å². The number of ether oxygens (including phenoxy) is 2. The Morgan fingerprint density at radius 1 is 1.26 bits per heavy atom. The first-order valence-corrected chi connectivity index (χ1v) is 8.24. The average molecular weight is 320 g/mol. The molecule has 1 aromatic rings. The molecule has 2 aliphatic heterocycles. The molecule has 1 atom stereocenters. The van der Waals surface area contributed by atoms with Crippen molar-refractivity contribution >= 4 is 6.03 Å². The van der Waals surface area contributed by atoms with Gasteiger partial charge in [0.25, 0.3) is 0 Å². The van der Waals surface area contributed by atoms with Gasteiger partial charge in [0.05, 0.1) is 25.8 Å². The van der Waals surface area contributed by atoms with Crippen molar-refractivity contribution in [1.29, 1.82) is 0 Å². The van der Waals surface area contributed by atoms with Crippen LogP contribution in [0.15, 0.2) is 24.3 Å². The molecule has 2 saturated heterocycles. The highest BCUT2D eigenvalue weighted by Crippen LogP contribution is 2.41. The van der Waals surface area contributed by atoms with Crippen molar-refractivity contribution in [2.24, 2.45) is 5.92 Å². The number of nitrogens with zero attached hydrogens (tertiary/aromatic N) is 1. The number of hydrogen-bond acceptors (Lipinski definition) is 3. The van der Waals surface area contributed by atoms with Crippen molar-refractivity contribution in [1.82, 2.24) is 10.2 Å². The highest BCUT2D eigenvalue weighted by Gasteiger charge is 2.45. The number of benzene rings is 1. The lowest BCUT2D eigenvalue weighted by Crippen LogP contribution is -2.43. The van der Waals surface area contributed by atoms with E-state index >= 15 is 0 Å². The van der Waals surface area contributed by atoms with Crippen LogP contribution in [-0.2, 0) is 9.47 Å². The lowest BCUT2D eigenvalue weighted by atomic mass is 10.0. The Balaban J connectivity index is 1.43. The maximum Gasteiger partial charge on any atom is 0.318 e. The van der Waals surface area contributed by atoms with Gasteiger partial charge in [0.15, 0.2) is 5.79 Å². The molecule has 2 heterocycles. The molecule has 0 aromatic heterocycles. The maximum atomic E-state index is 13.1. The minimum absolute atomic E-state index is 0.0509. The number of likely N-dealkylation sites (tertiary alicyclic amines) is 1. The van der Waals surface area contributed by atoms with Crippen LogP contribution in [0.3, 0.4) is 0 Å². The number of amides is 2. The second kappa shape index (κ2) is 5.76. The maximum absolute atomic E-state index is 13.1. The molecule has 1 aliphatic carbocycles. The van der Waals surface area contributed by atoms with Crippen molar-refractivity contribution in [3.05, 3.63) is 35.6 Å². The minimum atomic E-state index is -0.595. The number of rotatable bonds is 3. The highest BCUT2D eigenvalue weighted by atomic mass is 19.1. The van der Waals surface area contributed by atoms with Gasteiger partial charge in [0.2, 0.25) is 0 Å². The number of carbonyl (C=O) groups excluding carboxylic acids is 1. The van der Waals surface area contributed by atoms with E-state index in [2.05, 4.69) is 5.32 Å². The van der Waals surface area contributed by atoms with Gasteiger partial charge < -0.3 is 19.7 Å². The average Bonchev–Trinajstić information content (AvgIpc) is 3.16. The third-order valence-corrected chi connectivity index (χ3v) is 4.90. The van der Waals surface area contributed by atoms with Gasteiger partial charge in [-0.25, -0.2) is 9.18 Å². The molecule has 1 N–H and O–H groups in total. The molecule has 1 unspecified atom stereocenters. The van der Waals surface area contributed by atoms with Crippen LogP contribution in [0.2, 0.25) is 0 Å². The van der Waals surface area contributed by atoms with Gasteiger partial charge in [-0.05, 0) is 36.5 Å². The van der Waals surface area contributed by atoms with Gasteiger partial charge >= 0.3 is 6.03 Å². The Kier molecular flexibility index (Phi) is 3.73. The molecule has 0 bridgehead atoms. The number of carbonyl (C=O) groups is 1. The Labute approximate surface area is 134 Å². The van der Waals surface area contributed by atoms with Crippen LogP contribution in [0.4, 0.5) is 9.18 Å². The molecule has 0 radical (unpaired) electrons. The number of halogens is 1. The summed E-state index contributed by atoms with van der Waals surface area (Å²) in [6.07, 6.45) is 2.90. The second-order valence-electron chi connectivity index (χ2n) is 6.60. The molecular formula is C17H21FN2O3. The van der Waals surface area contributed by atoms with E-state index in [4.69, 9.17) is 9.47 Å². The number of hydrogen-bond donors (Lipinski definition) is 1. The van der Waals surface area contributed by atoms with Gasteiger partial charge in [-0.3, -0.25) is 0 Å². The van der Waals surface area contributed by atoms with Crippen LogP contribution in [0.1, 0.15) is 30.9 Å². The van der Waals surface area contributed by atoms with Crippen LogP contribution in [-0.4, -0.2) is 43.0 Å². The summed E-state index contributed by atoms with van der Waals surface area (Å²) in [7, 11) is 0. The fourth-order valence-electron chi connectivity index (χ4n) is 3.46. The summed E-state index contributed by atoms with van der Waals surface area (Å²) in [5.41, 5.74) is 0.963. The Bertz CT molecular complexity index is 582. The first-order chi connectivity index (χ1) is 11.2. The second-order valence-corrected chi connectivity index (χ2v) is 6.60. The standard InChI is InChI=1S/C17H21FN2O3/c18-14-5-3-13(4-6-14)15(12-1-2-12)19-16(21)20-8-7-17(11-20)22-9-10-23-17/h3-6,12,15H,1-2,7-11H2,(H,19,21). The van der Waals surface area contributed by atoms with Gasteiger partial charge in [-0.15, -0.1) is 0 Å². The van der Waals surface area contributed by atoms with E-state index in [1.165, 1.54) is 12.1 Å². The summed E-state index contributed by atoms with van der Waals surface area (Å²) >= 11 is 0. The van der Waals surface area contributed by atoms with E-state index in [0.717, 1.165) is 18.4 Å². The first kappa shape index (κ1) is 14.9. The number of nitrogens with one attached hydrogen (secondary N) is 1. The summed E-state index contributed by atoms with van der Waals surface area (Å²) in [4.78, 5) is 14.4. The molecule has 3 fully saturated rings. The molecular weight excluding hydrogens is 299 g/mol. The molecule has 124 valence electrons. The molecule has 1 saturated carbocycles.